The normalized spacial score (nSPS) is 13.2. The summed E-state index contributed by atoms with van der Waals surface area (Å²) in [6.07, 6.45) is 8.54. The van der Waals surface area contributed by atoms with E-state index in [1.807, 2.05) is 6.33 Å². The third-order valence-corrected chi connectivity index (χ3v) is 2.95. The van der Waals surface area contributed by atoms with Gasteiger partial charge in [0.15, 0.2) is 0 Å². The summed E-state index contributed by atoms with van der Waals surface area (Å²) in [5, 5.41) is 1.24. The van der Waals surface area contributed by atoms with Gasteiger partial charge in [-0.2, -0.15) is 0 Å². The second-order valence-corrected chi connectivity index (χ2v) is 6.45. The lowest BCUT2D eigenvalue weighted by Crippen LogP contribution is -2.19. The molecule has 0 aliphatic rings. The molecule has 0 aliphatic heterocycles. The van der Waals surface area contributed by atoms with Crippen molar-refractivity contribution in [3.63, 3.8) is 0 Å². The standard InChI is InChI=1S/C9H18N2S/c1-9(2,3)11-6-8(10-7-11)12(4)5/h6-7,12H,1-5H3. The highest BCUT2D eigenvalue weighted by atomic mass is 32.2. The number of thiol groups is 1. The summed E-state index contributed by atoms with van der Waals surface area (Å²) in [6, 6.07) is 0. The fourth-order valence-corrected chi connectivity index (χ4v) is 1.55. The van der Waals surface area contributed by atoms with Gasteiger partial charge in [0.1, 0.15) is 0 Å². The third-order valence-electron chi connectivity index (χ3n) is 1.80. The van der Waals surface area contributed by atoms with E-state index in [9.17, 15) is 0 Å². The average Bonchev–Trinajstić information content (AvgIpc) is 2.30. The zero-order valence-corrected chi connectivity index (χ0v) is 9.39. The van der Waals surface area contributed by atoms with Crippen molar-refractivity contribution in [1.82, 2.24) is 9.55 Å². The number of rotatable bonds is 1. The number of nitrogens with zero attached hydrogens (tertiary/aromatic N) is 2. The molecule has 0 radical (unpaired) electrons. The van der Waals surface area contributed by atoms with Crippen LogP contribution in [0.1, 0.15) is 20.8 Å². The Bertz CT molecular complexity index is 258. The highest BCUT2D eigenvalue weighted by molar-refractivity contribution is 8.15. The molecule has 0 spiro atoms. The van der Waals surface area contributed by atoms with Crippen LogP contribution in [0.4, 0.5) is 0 Å². The zero-order chi connectivity index (χ0) is 9.35. The smallest absolute Gasteiger partial charge is 0.0964 e. The van der Waals surface area contributed by atoms with Gasteiger partial charge in [-0.15, -0.1) is 0 Å². The highest BCUT2D eigenvalue weighted by Crippen LogP contribution is 2.27. The first-order chi connectivity index (χ1) is 5.41. The van der Waals surface area contributed by atoms with Gasteiger partial charge in [-0.25, -0.2) is 15.9 Å². The van der Waals surface area contributed by atoms with Crippen molar-refractivity contribution in [3.05, 3.63) is 12.5 Å². The van der Waals surface area contributed by atoms with Crippen LogP contribution in [0.25, 0.3) is 0 Å². The lowest BCUT2D eigenvalue weighted by Gasteiger charge is -2.20. The highest BCUT2D eigenvalue weighted by Gasteiger charge is 2.13. The van der Waals surface area contributed by atoms with Gasteiger partial charge in [0.2, 0.25) is 0 Å². The van der Waals surface area contributed by atoms with Crippen LogP contribution in [-0.2, 0) is 5.54 Å². The van der Waals surface area contributed by atoms with E-state index in [0.717, 1.165) is 0 Å². The maximum Gasteiger partial charge on any atom is 0.0964 e. The van der Waals surface area contributed by atoms with Crippen LogP contribution >= 0.6 is 10.9 Å². The first-order valence-corrected chi connectivity index (χ1v) is 6.36. The van der Waals surface area contributed by atoms with Crippen LogP contribution in [0.3, 0.4) is 0 Å². The Balaban J connectivity index is 2.92. The second-order valence-electron chi connectivity index (χ2n) is 4.20. The molecule has 0 saturated carbocycles. The topological polar surface area (TPSA) is 17.8 Å². The van der Waals surface area contributed by atoms with Gasteiger partial charge >= 0.3 is 0 Å². The van der Waals surface area contributed by atoms with Crippen LogP contribution in [0.15, 0.2) is 17.6 Å². The van der Waals surface area contributed by atoms with E-state index in [4.69, 9.17) is 0 Å². The van der Waals surface area contributed by atoms with Crippen LogP contribution in [0.5, 0.6) is 0 Å². The second kappa shape index (κ2) is 3.13. The van der Waals surface area contributed by atoms with Gasteiger partial charge in [0, 0.05) is 11.7 Å². The molecule has 1 aromatic rings. The third kappa shape index (κ3) is 2.03. The Morgan fingerprint density at radius 1 is 1.33 bits per heavy atom. The molecule has 1 heterocycles. The van der Waals surface area contributed by atoms with Crippen LogP contribution in [0.2, 0.25) is 0 Å². The molecular formula is C9H18N2S. The maximum absolute atomic E-state index is 4.37. The summed E-state index contributed by atoms with van der Waals surface area (Å²) < 4.78 is 2.17. The number of hydrogen-bond donors (Lipinski definition) is 1. The molecule has 12 heavy (non-hydrogen) atoms. The molecule has 1 rings (SSSR count). The molecule has 1 aromatic heterocycles. The summed E-state index contributed by atoms with van der Waals surface area (Å²) in [5.41, 5.74) is 0.163. The van der Waals surface area contributed by atoms with E-state index in [-0.39, 0.29) is 16.4 Å². The van der Waals surface area contributed by atoms with E-state index in [2.05, 4.69) is 49.0 Å². The molecule has 0 aliphatic carbocycles. The lowest BCUT2D eigenvalue weighted by atomic mass is 10.1. The predicted octanol–water partition coefficient (Wildman–Crippen LogP) is 2.26. The maximum atomic E-state index is 4.37. The van der Waals surface area contributed by atoms with E-state index >= 15 is 0 Å². The predicted molar refractivity (Wildman–Crippen MR) is 56.3 cm³/mol. The Hall–Kier alpha value is -0.440. The summed E-state index contributed by atoms with van der Waals surface area (Å²) in [6.45, 7) is 6.56. The minimum Gasteiger partial charge on any atom is -0.331 e. The van der Waals surface area contributed by atoms with Gasteiger partial charge in [0.25, 0.3) is 0 Å². The molecule has 0 bridgehead atoms. The summed E-state index contributed by atoms with van der Waals surface area (Å²) in [5.74, 6) is 0. The van der Waals surface area contributed by atoms with Crippen LogP contribution < -0.4 is 0 Å². The molecule has 0 fully saturated rings. The molecule has 0 N–H and O–H groups in total. The fraction of sp³-hybridized carbons (Fsp3) is 0.667. The molecule has 0 unspecified atom stereocenters. The Kier molecular flexibility index (Phi) is 2.52. The van der Waals surface area contributed by atoms with Crippen molar-refractivity contribution in [2.45, 2.75) is 31.3 Å². The van der Waals surface area contributed by atoms with Gasteiger partial charge < -0.3 is 4.57 Å². The van der Waals surface area contributed by atoms with Crippen LogP contribution in [0, 0.1) is 0 Å². The Morgan fingerprint density at radius 3 is 2.17 bits per heavy atom. The monoisotopic (exact) mass is 186 g/mol. The van der Waals surface area contributed by atoms with Crippen molar-refractivity contribution < 1.29 is 0 Å². The SMILES string of the molecule is C[SH](C)c1cn(C(C)(C)C)cn1. The number of imidazole rings is 1. The molecule has 0 atom stereocenters. The van der Waals surface area contributed by atoms with Gasteiger partial charge in [0.05, 0.1) is 11.4 Å². The Labute approximate surface area is 77.4 Å². The molecule has 3 heteroatoms. The van der Waals surface area contributed by atoms with Crippen molar-refractivity contribution in [2.75, 3.05) is 12.5 Å². The van der Waals surface area contributed by atoms with E-state index < -0.39 is 0 Å². The fourth-order valence-electron chi connectivity index (χ4n) is 0.910. The molecular weight excluding hydrogens is 168 g/mol. The minimum absolute atomic E-state index is 0.0538. The molecule has 2 nitrogen and oxygen atoms in total. The van der Waals surface area contributed by atoms with Crippen molar-refractivity contribution in [3.8, 4) is 0 Å². The molecule has 0 saturated heterocycles. The quantitative estimate of drug-likeness (QED) is 0.666. The zero-order valence-electron chi connectivity index (χ0n) is 8.50. The minimum atomic E-state index is -0.0538. The largest absolute Gasteiger partial charge is 0.331 e. The van der Waals surface area contributed by atoms with E-state index in [1.54, 1.807) is 0 Å². The average molecular weight is 186 g/mol. The first kappa shape index (κ1) is 9.65. The van der Waals surface area contributed by atoms with Crippen molar-refractivity contribution in [2.24, 2.45) is 0 Å². The van der Waals surface area contributed by atoms with Crippen molar-refractivity contribution in [1.29, 1.82) is 0 Å². The van der Waals surface area contributed by atoms with Gasteiger partial charge in [-0.1, -0.05) is 0 Å². The summed E-state index contributed by atoms with van der Waals surface area (Å²) in [4.78, 5) is 4.37. The summed E-state index contributed by atoms with van der Waals surface area (Å²) >= 11 is 0. The number of aromatic nitrogens is 2. The molecule has 70 valence electrons. The van der Waals surface area contributed by atoms with Gasteiger partial charge in [-0.05, 0) is 33.3 Å². The first-order valence-electron chi connectivity index (χ1n) is 4.13. The van der Waals surface area contributed by atoms with Crippen molar-refractivity contribution >= 4 is 10.9 Å². The van der Waals surface area contributed by atoms with E-state index in [0.29, 0.717) is 0 Å². The number of hydrogen-bond acceptors (Lipinski definition) is 1. The Morgan fingerprint density at radius 2 is 1.92 bits per heavy atom. The van der Waals surface area contributed by atoms with E-state index in [1.165, 1.54) is 5.03 Å². The summed E-state index contributed by atoms with van der Waals surface area (Å²) in [7, 11) is -0.0538. The van der Waals surface area contributed by atoms with Gasteiger partial charge in [-0.3, -0.25) is 0 Å². The van der Waals surface area contributed by atoms with Crippen LogP contribution in [-0.4, -0.2) is 22.1 Å². The molecule has 0 amide bonds. The molecule has 0 aromatic carbocycles. The lowest BCUT2D eigenvalue weighted by molar-refractivity contribution is 0.395.